The first-order chi connectivity index (χ1) is 13.9. The molecule has 0 aliphatic carbocycles. The third kappa shape index (κ3) is 5.64. The molecule has 0 bridgehead atoms. The summed E-state index contributed by atoms with van der Waals surface area (Å²) in [6.07, 6.45) is -0.304. The Morgan fingerprint density at radius 2 is 1.83 bits per heavy atom. The normalized spacial score (nSPS) is 16.2. The number of carbonyl (C=O) groups is 2. The topological polar surface area (TPSA) is 73.9 Å². The van der Waals surface area contributed by atoms with E-state index >= 15 is 0 Å². The van der Waals surface area contributed by atoms with E-state index in [-0.39, 0.29) is 31.1 Å². The summed E-state index contributed by atoms with van der Waals surface area (Å²) in [6.45, 7) is 4.11. The summed E-state index contributed by atoms with van der Waals surface area (Å²) < 4.78 is 16.6. The number of hydrogen-bond donors (Lipinski definition) is 1. The van der Waals surface area contributed by atoms with Crippen LogP contribution in [-0.2, 0) is 14.3 Å². The summed E-state index contributed by atoms with van der Waals surface area (Å²) in [5.74, 6) is 0.0485. The van der Waals surface area contributed by atoms with Crippen LogP contribution in [0.25, 0.3) is 0 Å². The number of hydrogen-bond acceptors (Lipinski definition) is 5. The molecular weight excluding hydrogens is 394 g/mol. The molecule has 154 valence electrons. The average Bonchev–Trinajstić information content (AvgIpc) is 2.72. The summed E-state index contributed by atoms with van der Waals surface area (Å²) in [6, 6.07) is 14.4. The molecule has 0 unspecified atom stereocenters. The van der Waals surface area contributed by atoms with Gasteiger partial charge < -0.3 is 19.5 Å². The largest absolute Gasteiger partial charge is 0.486 e. The highest BCUT2D eigenvalue weighted by Gasteiger charge is 2.27. The molecule has 1 amide bonds. The number of ether oxygens (including phenoxy) is 3. The number of rotatable bonds is 7. The predicted molar refractivity (Wildman–Crippen MR) is 109 cm³/mol. The van der Waals surface area contributed by atoms with Crippen molar-refractivity contribution in [3.05, 3.63) is 59.1 Å². The lowest BCUT2D eigenvalue weighted by molar-refractivity contribution is -0.151. The van der Waals surface area contributed by atoms with Crippen LogP contribution in [0.1, 0.15) is 25.3 Å². The predicted octanol–water partition coefficient (Wildman–Crippen LogP) is 3.58. The van der Waals surface area contributed by atoms with Gasteiger partial charge in [-0.1, -0.05) is 49.7 Å². The Morgan fingerprint density at radius 1 is 1.14 bits per heavy atom. The number of para-hydroxylation sites is 2. The van der Waals surface area contributed by atoms with Crippen molar-refractivity contribution in [2.75, 3.05) is 19.8 Å². The van der Waals surface area contributed by atoms with Crippen molar-refractivity contribution in [1.82, 2.24) is 5.32 Å². The summed E-state index contributed by atoms with van der Waals surface area (Å²) in [4.78, 5) is 24.6. The standard InChI is InChI=1S/C22H24ClNO5/c1-14(2)21(15-7-9-16(23)10-8-15)22(26)28-13-20(25)24-11-17-12-27-18-5-3-4-6-19(18)29-17/h3-10,14,17,21H,11-13H2,1-2H3,(H,24,25)/t17-,21+/m1/s1. The maximum Gasteiger partial charge on any atom is 0.314 e. The van der Waals surface area contributed by atoms with Crippen LogP contribution in [0.15, 0.2) is 48.5 Å². The fourth-order valence-electron chi connectivity index (χ4n) is 3.13. The third-order valence-corrected chi connectivity index (χ3v) is 4.84. The van der Waals surface area contributed by atoms with E-state index in [1.54, 1.807) is 24.3 Å². The maximum absolute atomic E-state index is 12.5. The smallest absolute Gasteiger partial charge is 0.314 e. The van der Waals surface area contributed by atoms with Gasteiger partial charge in [-0.3, -0.25) is 9.59 Å². The molecular formula is C22H24ClNO5. The second kappa shape index (κ2) is 9.65. The fraction of sp³-hybridized carbons (Fsp3) is 0.364. The van der Waals surface area contributed by atoms with E-state index in [1.165, 1.54) is 0 Å². The molecule has 0 aromatic heterocycles. The fourth-order valence-corrected chi connectivity index (χ4v) is 3.26. The van der Waals surface area contributed by atoms with Crippen LogP contribution < -0.4 is 14.8 Å². The minimum Gasteiger partial charge on any atom is -0.486 e. The maximum atomic E-state index is 12.5. The van der Waals surface area contributed by atoms with Crippen LogP contribution in [0.5, 0.6) is 11.5 Å². The number of benzene rings is 2. The van der Waals surface area contributed by atoms with Crippen LogP contribution in [0.4, 0.5) is 0 Å². The van der Waals surface area contributed by atoms with Crippen molar-refractivity contribution >= 4 is 23.5 Å². The molecule has 1 N–H and O–H groups in total. The van der Waals surface area contributed by atoms with E-state index in [2.05, 4.69) is 5.32 Å². The van der Waals surface area contributed by atoms with Gasteiger partial charge in [-0.15, -0.1) is 0 Å². The van der Waals surface area contributed by atoms with Crippen LogP contribution >= 0.6 is 11.6 Å². The van der Waals surface area contributed by atoms with E-state index in [9.17, 15) is 9.59 Å². The van der Waals surface area contributed by atoms with Gasteiger partial charge in [-0.2, -0.15) is 0 Å². The molecule has 1 heterocycles. The average molecular weight is 418 g/mol. The molecule has 0 fully saturated rings. The van der Waals surface area contributed by atoms with Crippen LogP contribution in [0.3, 0.4) is 0 Å². The van der Waals surface area contributed by atoms with Gasteiger partial charge in [0, 0.05) is 5.02 Å². The lowest BCUT2D eigenvalue weighted by Crippen LogP contribution is -2.42. The van der Waals surface area contributed by atoms with Crippen LogP contribution in [0, 0.1) is 5.92 Å². The van der Waals surface area contributed by atoms with Crippen molar-refractivity contribution < 1.29 is 23.8 Å². The van der Waals surface area contributed by atoms with Crippen molar-refractivity contribution in [3.8, 4) is 11.5 Å². The first-order valence-electron chi connectivity index (χ1n) is 9.51. The number of fused-ring (bicyclic) bond motifs is 1. The summed E-state index contributed by atoms with van der Waals surface area (Å²) >= 11 is 5.92. The summed E-state index contributed by atoms with van der Waals surface area (Å²) in [7, 11) is 0. The van der Waals surface area contributed by atoms with Gasteiger partial charge >= 0.3 is 5.97 Å². The Balaban J connectivity index is 1.47. The minimum absolute atomic E-state index is 0.0135. The van der Waals surface area contributed by atoms with E-state index in [0.29, 0.717) is 23.1 Å². The molecule has 6 nitrogen and oxygen atoms in total. The van der Waals surface area contributed by atoms with Crippen molar-refractivity contribution in [1.29, 1.82) is 0 Å². The van der Waals surface area contributed by atoms with E-state index in [4.69, 9.17) is 25.8 Å². The highest BCUT2D eigenvalue weighted by atomic mass is 35.5. The Labute approximate surface area is 175 Å². The molecule has 1 aliphatic rings. The number of esters is 1. The number of amides is 1. The number of nitrogens with one attached hydrogen (secondary N) is 1. The third-order valence-electron chi connectivity index (χ3n) is 4.59. The molecule has 3 rings (SSSR count). The Morgan fingerprint density at radius 3 is 2.52 bits per heavy atom. The van der Waals surface area contributed by atoms with Gasteiger partial charge in [0.05, 0.1) is 12.5 Å². The van der Waals surface area contributed by atoms with Crippen LogP contribution in [0.2, 0.25) is 5.02 Å². The minimum atomic E-state index is -0.466. The first kappa shape index (κ1) is 21.0. The Kier molecular flexibility index (Phi) is 6.99. The zero-order chi connectivity index (χ0) is 20.8. The summed E-state index contributed by atoms with van der Waals surface area (Å²) in [5.41, 5.74) is 0.807. The highest BCUT2D eigenvalue weighted by Crippen LogP contribution is 2.30. The second-order valence-corrected chi connectivity index (χ2v) is 7.62. The van der Waals surface area contributed by atoms with E-state index < -0.39 is 11.9 Å². The number of carbonyl (C=O) groups excluding carboxylic acids is 2. The van der Waals surface area contributed by atoms with Crippen molar-refractivity contribution in [3.63, 3.8) is 0 Å². The van der Waals surface area contributed by atoms with Crippen molar-refractivity contribution in [2.45, 2.75) is 25.9 Å². The molecule has 0 spiro atoms. The molecule has 29 heavy (non-hydrogen) atoms. The van der Waals surface area contributed by atoms with Gasteiger partial charge in [-0.25, -0.2) is 0 Å². The van der Waals surface area contributed by atoms with E-state index in [1.807, 2.05) is 38.1 Å². The van der Waals surface area contributed by atoms with Gasteiger partial charge in [0.1, 0.15) is 12.7 Å². The quantitative estimate of drug-likeness (QED) is 0.697. The SMILES string of the molecule is CC(C)[C@H](C(=O)OCC(=O)NC[C@@H]1COc2ccccc2O1)c1ccc(Cl)cc1. The second-order valence-electron chi connectivity index (χ2n) is 7.18. The zero-order valence-electron chi connectivity index (χ0n) is 16.4. The monoisotopic (exact) mass is 417 g/mol. The van der Waals surface area contributed by atoms with Gasteiger partial charge in [0.25, 0.3) is 5.91 Å². The molecule has 0 radical (unpaired) electrons. The zero-order valence-corrected chi connectivity index (χ0v) is 17.1. The Hall–Kier alpha value is -2.73. The number of halogens is 1. The lowest BCUT2D eigenvalue weighted by Gasteiger charge is -2.26. The molecule has 0 saturated heterocycles. The molecule has 2 aromatic rings. The Bertz CT molecular complexity index is 853. The molecule has 1 aliphatic heterocycles. The molecule has 7 heteroatoms. The van der Waals surface area contributed by atoms with Gasteiger partial charge in [-0.05, 0) is 35.7 Å². The summed E-state index contributed by atoms with van der Waals surface area (Å²) in [5, 5.41) is 3.31. The van der Waals surface area contributed by atoms with Crippen molar-refractivity contribution in [2.24, 2.45) is 5.92 Å². The molecule has 2 atom stereocenters. The van der Waals surface area contributed by atoms with Crippen LogP contribution in [-0.4, -0.2) is 37.7 Å². The van der Waals surface area contributed by atoms with Gasteiger partial charge in [0.15, 0.2) is 18.1 Å². The molecule has 0 saturated carbocycles. The highest BCUT2D eigenvalue weighted by molar-refractivity contribution is 6.30. The lowest BCUT2D eigenvalue weighted by atomic mass is 9.88. The first-order valence-corrected chi connectivity index (χ1v) is 9.89. The van der Waals surface area contributed by atoms with E-state index in [0.717, 1.165) is 5.56 Å². The van der Waals surface area contributed by atoms with Gasteiger partial charge in [0.2, 0.25) is 0 Å². The molecule has 2 aromatic carbocycles.